The van der Waals surface area contributed by atoms with Crippen LogP contribution in [0.4, 0.5) is 5.69 Å². The summed E-state index contributed by atoms with van der Waals surface area (Å²) < 4.78 is 0. The molecule has 1 aromatic carbocycles. The lowest BCUT2D eigenvalue weighted by atomic mass is 10.1. The Morgan fingerprint density at radius 3 is 2.69 bits per heavy atom. The Bertz CT molecular complexity index is 394. The lowest BCUT2D eigenvalue weighted by Gasteiger charge is -2.18. The fourth-order valence-electron chi connectivity index (χ4n) is 1.29. The molecule has 1 rings (SSSR count). The van der Waals surface area contributed by atoms with Crippen molar-refractivity contribution in [2.24, 2.45) is 0 Å². The Morgan fingerprint density at radius 2 is 2.12 bits per heavy atom. The van der Waals surface area contributed by atoms with Crippen molar-refractivity contribution in [1.82, 2.24) is 5.32 Å². The molecule has 0 aliphatic heterocycles. The fourth-order valence-corrected chi connectivity index (χ4v) is 1.29. The van der Waals surface area contributed by atoms with Crippen LogP contribution in [0.1, 0.15) is 29.8 Å². The molecule has 0 saturated heterocycles. The van der Waals surface area contributed by atoms with Crippen LogP contribution >= 0.6 is 0 Å². The van der Waals surface area contributed by atoms with E-state index in [1.807, 2.05) is 0 Å². The van der Waals surface area contributed by atoms with Gasteiger partial charge in [0.15, 0.2) is 0 Å². The highest BCUT2D eigenvalue weighted by Gasteiger charge is 2.16. The van der Waals surface area contributed by atoms with Gasteiger partial charge in [0.2, 0.25) is 0 Å². The minimum absolute atomic E-state index is 0.208. The third-order valence-corrected chi connectivity index (χ3v) is 2.30. The summed E-state index contributed by atoms with van der Waals surface area (Å²) in [5.74, 6) is -0.216. The average molecular weight is 222 g/mol. The number of amides is 1. The standard InChI is InChI=1S/C12H18N2O2/c1-8-9(5-4-6-10(8)13)11(15)14-7-12(2,3)16/h4-6,16H,7,13H2,1-3H3,(H,14,15). The third kappa shape index (κ3) is 3.24. The van der Waals surface area contributed by atoms with Gasteiger partial charge in [0, 0.05) is 17.8 Å². The Balaban J connectivity index is 2.78. The summed E-state index contributed by atoms with van der Waals surface area (Å²) in [6.07, 6.45) is 0. The highest BCUT2D eigenvalue weighted by Crippen LogP contribution is 2.15. The first-order valence-electron chi connectivity index (χ1n) is 5.17. The monoisotopic (exact) mass is 222 g/mol. The number of anilines is 1. The second kappa shape index (κ2) is 4.53. The Kier molecular flexibility index (Phi) is 3.55. The molecule has 4 heteroatoms. The van der Waals surface area contributed by atoms with Crippen LogP contribution in [-0.2, 0) is 0 Å². The van der Waals surface area contributed by atoms with E-state index in [2.05, 4.69) is 5.32 Å². The predicted octanol–water partition coefficient (Wildman–Crippen LogP) is 1.08. The maximum atomic E-state index is 11.8. The Hall–Kier alpha value is -1.55. The molecule has 0 aliphatic rings. The van der Waals surface area contributed by atoms with Crippen molar-refractivity contribution in [1.29, 1.82) is 0 Å². The minimum atomic E-state index is -0.913. The summed E-state index contributed by atoms with van der Waals surface area (Å²) in [5, 5.41) is 12.2. The lowest BCUT2D eigenvalue weighted by Crippen LogP contribution is -2.38. The molecule has 0 saturated carbocycles. The Labute approximate surface area is 95.5 Å². The molecule has 0 atom stereocenters. The molecule has 16 heavy (non-hydrogen) atoms. The first kappa shape index (κ1) is 12.5. The van der Waals surface area contributed by atoms with Crippen molar-refractivity contribution in [3.05, 3.63) is 29.3 Å². The van der Waals surface area contributed by atoms with Crippen molar-refractivity contribution in [2.75, 3.05) is 12.3 Å². The molecule has 1 aromatic rings. The van der Waals surface area contributed by atoms with Gasteiger partial charge in [-0.05, 0) is 38.5 Å². The van der Waals surface area contributed by atoms with Crippen LogP contribution in [0.25, 0.3) is 0 Å². The molecule has 0 aliphatic carbocycles. The zero-order valence-electron chi connectivity index (χ0n) is 9.87. The maximum absolute atomic E-state index is 11.8. The largest absolute Gasteiger partial charge is 0.398 e. The van der Waals surface area contributed by atoms with Crippen LogP contribution in [0.15, 0.2) is 18.2 Å². The number of rotatable bonds is 3. The van der Waals surface area contributed by atoms with Crippen LogP contribution < -0.4 is 11.1 Å². The lowest BCUT2D eigenvalue weighted by molar-refractivity contribution is 0.0694. The van der Waals surface area contributed by atoms with E-state index in [9.17, 15) is 9.90 Å². The summed E-state index contributed by atoms with van der Waals surface area (Å²) in [5.41, 5.74) is 6.70. The number of nitrogens with two attached hydrogens (primary N) is 1. The normalized spacial score (nSPS) is 11.2. The van der Waals surface area contributed by atoms with Gasteiger partial charge in [0.1, 0.15) is 0 Å². The Morgan fingerprint density at radius 1 is 1.50 bits per heavy atom. The SMILES string of the molecule is Cc1c(N)cccc1C(=O)NCC(C)(C)O. The van der Waals surface area contributed by atoms with Crippen molar-refractivity contribution in [3.63, 3.8) is 0 Å². The molecular weight excluding hydrogens is 204 g/mol. The van der Waals surface area contributed by atoms with Crippen molar-refractivity contribution >= 4 is 11.6 Å². The van der Waals surface area contributed by atoms with Crippen LogP contribution in [0.3, 0.4) is 0 Å². The van der Waals surface area contributed by atoms with Crippen LogP contribution in [-0.4, -0.2) is 23.2 Å². The molecular formula is C12H18N2O2. The summed E-state index contributed by atoms with van der Waals surface area (Å²) >= 11 is 0. The molecule has 4 N–H and O–H groups in total. The van der Waals surface area contributed by atoms with Gasteiger partial charge < -0.3 is 16.2 Å². The third-order valence-electron chi connectivity index (χ3n) is 2.30. The van der Waals surface area contributed by atoms with Crippen molar-refractivity contribution in [2.45, 2.75) is 26.4 Å². The van der Waals surface area contributed by atoms with Gasteiger partial charge in [-0.25, -0.2) is 0 Å². The number of nitrogens with one attached hydrogen (secondary N) is 1. The van der Waals surface area contributed by atoms with Gasteiger partial charge in [-0.15, -0.1) is 0 Å². The number of benzene rings is 1. The van der Waals surface area contributed by atoms with E-state index in [1.165, 1.54) is 0 Å². The quantitative estimate of drug-likeness (QED) is 0.670. The van der Waals surface area contributed by atoms with Gasteiger partial charge in [-0.3, -0.25) is 4.79 Å². The molecule has 0 spiro atoms. The van der Waals surface area contributed by atoms with Crippen molar-refractivity contribution in [3.8, 4) is 0 Å². The zero-order chi connectivity index (χ0) is 12.3. The maximum Gasteiger partial charge on any atom is 0.251 e. The van der Waals surface area contributed by atoms with Gasteiger partial charge in [0.25, 0.3) is 5.91 Å². The zero-order valence-corrected chi connectivity index (χ0v) is 9.87. The summed E-state index contributed by atoms with van der Waals surface area (Å²) in [7, 11) is 0. The van der Waals surface area contributed by atoms with E-state index >= 15 is 0 Å². The average Bonchev–Trinajstić information content (AvgIpc) is 2.17. The van der Waals surface area contributed by atoms with Gasteiger partial charge in [-0.1, -0.05) is 6.07 Å². The van der Waals surface area contributed by atoms with Crippen LogP contribution in [0.2, 0.25) is 0 Å². The fraction of sp³-hybridized carbons (Fsp3) is 0.417. The second-order valence-electron chi connectivity index (χ2n) is 4.51. The first-order valence-corrected chi connectivity index (χ1v) is 5.17. The van der Waals surface area contributed by atoms with E-state index in [4.69, 9.17) is 5.73 Å². The van der Waals surface area contributed by atoms with E-state index in [0.29, 0.717) is 11.3 Å². The van der Waals surface area contributed by atoms with Crippen LogP contribution in [0.5, 0.6) is 0 Å². The molecule has 0 unspecified atom stereocenters. The molecule has 0 heterocycles. The number of carbonyl (C=O) groups excluding carboxylic acids is 1. The van der Waals surface area contributed by atoms with E-state index < -0.39 is 5.60 Å². The molecule has 0 radical (unpaired) electrons. The van der Waals surface area contributed by atoms with Gasteiger partial charge in [-0.2, -0.15) is 0 Å². The highest BCUT2D eigenvalue weighted by molar-refractivity contribution is 5.96. The van der Waals surface area contributed by atoms with Crippen molar-refractivity contribution < 1.29 is 9.90 Å². The number of aliphatic hydroxyl groups is 1. The second-order valence-corrected chi connectivity index (χ2v) is 4.51. The molecule has 0 fully saturated rings. The van der Waals surface area contributed by atoms with E-state index in [1.54, 1.807) is 39.0 Å². The summed E-state index contributed by atoms with van der Waals surface area (Å²) in [6.45, 7) is 5.29. The molecule has 0 aromatic heterocycles. The number of hydrogen-bond donors (Lipinski definition) is 3. The topological polar surface area (TPSA) is 75.4 Å². The van der Waals surface area contributed by atoms with Crippen LogP contribution in [0, 0.1) is 6.92 Å². The van der Waals surface area contributed by atoms with E-state index in [0.717, 1.165) is 5.56 Å². The van der Waals surface area contributed by atoms with E-state index in [-0.39, 0.29) is 12.5 Å². The number of nitrogen functional groups attached to an aromatic ring is 1. The minimum Gasteiger partial charge on any atom is -0.398 e. The van der Waals surface area contributed by atoms with Gasteiger partial charge >= 0.3 is 0 Å². The summed E-state index contributed by atoms with van der Waals surface area (Å²) in [6, 6.07) is 5.20. The number of carbonyl (C=O) groups is 1. The molecule has 88 valence electrons. The molecule has 0 bridgehead atoms. The molecule has 1 amide bonds. The first-order chi connectivity index (χ1) is 7.31. The molecule has 4 nitrogen and oxygen atoms in total. The van der Waals surface area contributed by atoms with Gasteiger partial charge in [0.05, 0.1) is 5.60 Å². The highest BCUT2D eigenvalue weighted by atomic mass is 16.3. The number of hydrogen-bond acceptors (Lipinski definition) is 3. The summed E-state index contributed by atoms with van der Waals surface area (Å²) in [4.78, 5) is 11.8. The smallest absolute Gasteiger partial charge is 0.251 e. The predicted molar refractivity (Wildman–Crippen MR) is 64.2 cm³/mol.